The molecule has 0 radical (unpaired) electrons. The Balaban J connectivity index is 1.77. The molecule has 1 atom stereocenters. The van der Waals surface area contributed by atoms with Gasteiger partial charge in [0, 0.05) is 26.2 Å². The van der Waals surface area contributed by atoms with Crippen molar-refractivity contribution in [3.8, 4) is 0 Å². The largest absolute Gasteiger partial charge is 0.338 e. The van der Waals surface area contributed by atoms with Crippen LogP contribution in [-0.4, -0.2) is 63.4 Å². The zero-order valence-electron chi connectivity index (χ0n) is 16.6. The van der Waals surface area contributed by atoms with E-state index in [-0.39, 0.29) is 15.8 Å². The first-order valence-corrected chi connectivity index (χ1v) is 11.7. The molecule has 2 aromatic carbocycles. The first kappa shape index (κ1) is 21.1. The van der Waals surface area contributed by atoms with Crippen LogP contribution < -0.4 is 4.31 Å². The van der Waals surface area contributed by atoms with Gasteiger partial charge in [-0.05, 0) is 49.7 Å². The van der Waals surface area contributed by atoms with Gasteiger partial charge in [0.15, 0.2) is 0 Å². The molecule has 30 heavy (non-hydrogen) atoms. The summed E-state index contributed by atoms with van der Waals surface area (Å²) in [5.74, 6) is -0.894. The molecule has 2 aliphatic heterocycles. The number of para-hydroxylation sites is 1. The zero-order valence-corrected chi connectivity index (χ0v) is 18.2. The van der Waals surface area contributed by atoms with Crippen molar-refractivity contribution >= 4 is 33.2 Å². The van der Waals surface area contributed by atoms with Gasteiger partial charge in [0.2, 0.25) is 5.91 Å². The predicted octanol–water partition coefficient (Wildman–Crippen LogP) is 2.76. The number of sulfonamides is 1. The lowest BCUT2D eigenvalue weighted by molar-refractivity contribution is -0.134. The van der Waals surface area contributed by atoms with Gasteiger partial charge in [-0.1, -0.05) is 29.8 Å². The van der Waals surface area contributed by atoms with E-state index in [2.05, 4.69) is 4.90 Å². The highest BCUT2D eigenvalue weighted by Gasteiger charge is 2.41. The number of halogens is 2. The molecule has 0 bridgehead atoms. The van der Waals surface area contributed by atoms with Gasteiger partial charge < -0.3 is 9.80 Å². The van der Waals surface area contributed by atoms with Gasteiger partial charge in [-0.25, -0.2) is 12.8 Å². The van der Waals surface area contributed by atoms with Crippen molar-refractivity contribution in [2.24, 2.45) is 0 Å². The summed E-state index contributed by atoms with van der Waals surface area (Å²) in [6, 6.07) is 9.64. The second kappa shape index (κ2) is 8.17. The van der Waals surface area contributed by atoms with Gasteiger partial charge in [0.05, 0.1) is 15.6 Å². The standard InChI is InChI=1S/C21H23ClFN3O3S/c1-24-10-12-25(13-11-24)21(27)20-9-6-15-4-2-3-5-19(15)26(20)30(28,29)16-7-8-18(23)17(22)14-16/h2-5,7-8,14,20H,6,9-13H2,1H3/t20-/m0/s1. The van der Waals surface area contributed by atoms with Crippen LogP contribution in [0.4, 0.5) is 10.1 Å². The topological polar surface area (TPSA) is 60.9 Å². The van der Waals surface area contributed by atoms with Crippen molar-refractivity contribution < 1.29 is 17.6 Å². The van der Waals surface area contributed by atoms with Gasteiger partial charge in [0.1, 0.15) is 11.9 Å². The molecule has 2 heterocycles. The second-order valence-corrected chi connectivity index (χ2v) is 9.91. The van der Waals surface area contributed by atoms with Crippen LogP contribution in [0.25, 0.3) is 0 Å². The van der Waals surface area contributed by atoms with Crippen molar-refractivity contribution in [3.05, 3.63) is 58.9 Å². The Hall–Kier alpha value is -2.16. The molecule has 0 saturated carbocycles. The number of carbonyl (C=O) groups is 1. The van der Waals surface area contributed by atoms with E-state index < -0.39 is 21.9 Å². The van der Waals surface area contributed by atoms with Crippen LogP contribution in [0.15, 0.2) is 47.4 Å². The Morgan fingerprint density at radius 2 is 1.80 bits per heavy atom. The molecular formula is C21H23ClFN3O3S. The third kappa shape index (κ3) is 3.79. The molecule has 0 aromatic heterocycles. The maximum Gasteiger partial charge on any atom is 0.265 e. The predicted molar refractivity (Wildman–Crippen MR) is 114 cm³/mol. The number of piperazine rings is 1. The van der Waals surface area contributed by atoms with E-state index >= 15 is 0 Å². The molecule has 0 aliphatic carbocycles. The first-order valence-electron chi connectivity index (χ1n) is 9.84. The molecule has 1 amide bonds. The highest BCUT2D eigenvalue weighted by Crippen LogP contribution is 2.36. The molecule has 9 heteroatoms. The zero-order chi connectivity index (χ0) is 21.5. The van der Waals surface area contributed by atoms with E-state index in [0.717, 1.165) is 30.8 Å². The molecule has 160 valence electrons. The lowest BCUT2D eigenvalue weighted by atomic mass is 9.97. The quantitative estimate of drug-likeness (QED) is 0.720. The van der Waals surface area contributed by atoms with Crippen LogP contribution >= 0.6 is 11.6 Å². The highest BCUT2D eigenvalue weighted by atomic mass is 35.5. The van der Waals surface area contributed by atoms with E-state index in [9.17, 15) is 17.6 Å². The number of likely N-dealkylation sites (N-methyl/N-ethyl adjacent to an activating group) is 1. The highest BCUT2D eigenvalue weighted by molar-refractivity contribution is 7.93. The molecule has 1 saturated heterocycles. The monoisotopic (exact) mass is 451 g/mol. The number of benzene rings is 2. The molecule has 6 nitrogen and oxygen atoms in total. The fourth-order valence-corrected chi connectivity index (χ4v) is 5.97. The summed E-state index contributed by atoms with van der Waals surface area (Å²) in [6.07, 6.45) is 0.993. The minimum absolute atomic E-state index is 0.137. The summed E-state index contributed by atoms with van der Waals surface area (Å²) in [6.45, 7) is 2.61. The Kier molecular flexibility index (Phi) is 5.74. The molecule has 2 aromatic rings. The Bertz CT molecular complexity index is 1070. The molecule has 2 aliphatic rings. The summed E-state index contributed by atoms with van der Waals surface area (Å²) < 4.78 is 42.1. The van der Waals surface area contributed by atoms with Gasteiger partial charge in [-0.2, -0.15) is 0 Å². The number of anilines is 1. The second-order valence-electron chi connectivity index (χ2n) is 7.69. The van der Waals surface area contributed by atoms with Crippen molar-refractivity contribution in [2.75, 3.05) is 37.5 Å². The number of rotatable bonds is 3. The fraction of sp³-hybridized carbons (Fsp3) is 0.381. The van der Waals surface area contributed by atoms with Gasteiger partial charge in [-0.15, -0.1) is 0 Å². The summed E-state index contributed by atoms with van der Waals surface area (Å²) in [5.41, 5.74) is 1.34. The van der Waals surface area contributed by atoms with E-state index in [1.807, 2.05) is 19.2 Å². The summed E-state index contributed by atoms with van der Waals surface area (Å²) in [4.78, 5) is 17.1. The number of fused-ring (bicyclic) bond motifs is 1. The maximum atomic E-state index is 13.6. The number of aryl methyl sites for hydroxylation is 1. The molecular weight excluding hydrogens is 429 g/mol. The molecule has 0 spiro atoms. The average molecular weight is 452 g/mol. The van der Waals surface area contributed by atoms with Gasteiger partial charge >= 0.3 is 0 Å². The van der Waals surface area contributed by atoms with Crippen LogP contribution in [0.5, 0.6) is 0 Å². The van der Waals surface area contributed by atoms with Gasteiger partial charge in [0.25, 0.3) is 10.0 Å². The summed E-state index contributed by atoms with van der Waals surface area (Å²) >= 11 is 5.86. The number of hydrogen-bond acceptors (Lipinski definition) is 4. The third-order valence-corrected chi connectivity index (χ3v) is 7.86. The summed E-state index contributed by atoms with van der Waals surface area (Å²) in [7, 11) is -2.14. The molecule has 0 unspecified atom stereocenters. The Morgan fingerprint density at radius 1 is 1.10 bits per heavy atom. The SMILES string of the molecule is CN1CCN(C(=O)[C@@H]2CCc3ccccc3N2S(=O)(=O)c2ccc(F)c(Cl)c2)CC1. The molecule has 1 fully saturated rings. The average Bonchev–Trinajstić information content (AvgIpc) is 2.74. The lowest BCUT2D eigenvalue weighted by Gasteiger charge is -2.41. The lowest BCUT2D eigenvalue weighted by Crippen LogP contribution is -2.56. The third-order valence-electron chi connectivity index (χ3n) is 5.75. The van der Waals surface area contributed by atoms with Crippen LogP contribution in [-0.2, 0) is 21.2 Å². The molecule has 4 rings (SSSR count). The van der Waals surface area contributed by atoms with E-state index in [4.69, 9.17) is 11.6 Å². The van der Waals surface area contributed by atoms with Crippen LogP contribution in [0.1, 0.15) is 12.0 Å². The van der Waals surface area contributed by atoms with Crippen LogP contribution in [0.3, 0.4) is 0 Å². The van der Waals surface area contributed by atoms with Crippen molar-refractivity contribution in [1.82, 2.24) is 9.80 Å². The first-order chi connectivity index (χ1) is 14.3. The number of hydrogen-bond donors (Lipinski definition) is 0. The van der Waals surface area contributed by atoms with Crippen molar-refractivity contribution in [1.29, 1.82) is 0 Å². The summed E-state index contributed by atoms with van der Waals surface area (Å²) in [5, 5.41) is -0.275. The number of carbonyl (C=O) groups excluding carboxylic acids is 1. The van der Waals surface area contributed by atoms with Crippen molar-refractivity contribution in [2.45, 2.75) is 23.8 Å². The number of nitrogens with zero attached hydrogens (tertiary/aromatic N) is 3. The van der Waals surface area contributed by atoms with E-state index in [1.54, 1.807) is 17.0 Å². The van der Waals surface area contributed by atoms with Crippen molar-refractivity contribution in [3.63, 3.8) is 0 Å². The minimum atomic E-state index is -4.13. The Morgan fingerprint density at radius 3 is 2.50 bits per heavy atom. The van der Waals surface area contributed by atoms with E-state index in [0.29, 0.717) is 31.6 Å². The van der Waals surface area contributed by atoms with Crippen LogP contribution in [0.2, 0.25) is 5.02 Å². The van der Waals surface area contributed by atoms with Crippen LogP contribution in [0, 0.1) is 5.82 Å². The Labute approximate surface area is 180 Å². The van der Waals surface area contributed by atoms with E-state index in [1.165, 1.54) is 10.4 Å². The molecule has 0 N–H and O–H groups in total. The van der Waals surface area contributed by atoms with Gasteiger partial charge in [-0.3, -0.25) is 9.10 Å². The number of amides is 1. The fourth-order valence-electron chi connectivity index (χ4n) is 4.02. The maximum absolute atomic E-state index is 13.6. The minimum Gasteiger partial charge on any atom is -0.338 e. The smallest absolute Gasteiger partial charge is 0.265 e. The normalized spacial score (nSPS) is 20.2.